The maximum Gasteiger partial charge on any atom is 0.242 e. The van der Waals surface area contributed by atoms with Gasteiger partial charge >= 0.3 is 0 Å². The van der Waals surface area contributed by atoms with Crippen LogP contribution in [-0.4, -0.2) is 14.5 Å². The molecule has 1 N–H and O–H groups in total. The topological polar surface area (TPSA) is 70.0 Å². The van der Waals surface area contributed by atoms with Gasteiger partial charge in [0.15, 0.2) is 0 Å². The molecule has 0 saturated carbocycles. The minimum Gasteiger partial charge on any atom is -0.209 e. The van der Waals surface area contributed by atoms with Crippen molar-refractivity contribution >= 4 is 10.0 Å². The molecule has 1 aromatic carbocycles. The smallest absolute Gasteiger partial charge is 0.209 e. The molecule has 0 aliphatic rings. The molecule has 16 heavy (non-hydrogen) atoms. The normalized spacial score (nSPS) is 11.4. The van der Waals surface area contributed by atoms with E-state index in [1.54, 1.807) is 32.9 Å². The third kappa shape index (κ3) is 2.60. The number of rotatable bonds is 3. The molecule has 0 radical (unpaired) electrons. The molecule has 0 saturated heterocycles. The fraction of sp³-hybridized carbons (Fsp3) is 0.364. The number of hydrogen-bond acceptors (Lipinski definition) is 3. The summed E-state index contributed by atoms with van der Waals surface area (Å²) < 4.78 is 26.3. The molecule has 1 rings (SSSR count). The van der Waals surface area contributed by atoms with Gasteiger partial charge in [0.05, 0.1) is 5.56 Å². The molecular formula is C11H14N2O2S. The van der Waals surface area contributed by atoms with Crippen molar-refractivity contribution in [3.8, 4) is 6.07 Å². The second kappa shape index (κ2) is 4.64. The van der Waals surface area contributed by atoms with Crippen LogP contribution < -0.4 is 4.72 Å². The Labute approximate surface area is 96.0 Å². The van der Waals surface area contributed by atoms with Gasteiger partial charge in [-0.1, -0.05) is 12.1 Å². The Kier molecular flexibility index (Phi) is 3.68. The van der Waals surface area contributed by atoms with Crippen LogP contribution in [0.25, 0.3) is 0 Å². The van der Waals surface area contributed by atoms with Crippen LogP contribution in [0.5, 0.6) is 0 Å². The first-order valence-electron chi connectivity index (χ1n) is 4.90. The Balaban J connectivity index is 3.35. The fourth-order valence-electron chi connectivity index (χ4n) is 1.38. The average Bonchev–Trinajstić information content (AvgIpc) is 2.15. The third-order valence-electron chi connectivity index (χ3n) is 2.03. The second-order valence-electron chi connectivity index (χ2n) is 3.84. The Morgan fingerprint density at radius 2 is 2.00 bits per heavy atom. The van der Waals surface area contributed by atoms with E-state index in [9.17, 15) is 8.42 Å². The van der Waals surface area contributed by atoms with E-state index >= 15 is 0 Å². The number of hydrogen-bond donors (Lipinski definition) is 1. The van der Waals surface area contributed by atoms with Crippen LogP contribution in [0.4, 0.5) is 0 Å². The number of nitriles is 1. The van der Waals surface area contributed by atoms with Crippen LogP contribution in [0.2, 0.25) is 0 Å². The molecule has 0 amide bonds. The van der Waals surface area contributed by atoms with Crippen LogP contribution >= 0.6 is 0 Å². The highest BCUT2D eigenvalue weighted by Gasteiger charge is 2.20. The molecule has 0 atom stereocenters. The molecule has 5 heteroatoms. The zero-order chi connectivity index (χ0) is 12.3. The van der Waals surface area contributed by atoms with E-state index in [4.69, 9.17) is 5.26 Å². The van der Waals surface area contributed by atoms with Crippen molar-refractivity contribution < 1.29 is 8.42 Å². The standard InChI is InChI=1S/C11H14N2O2S/c1-8(2)13-16(14,15)11-6-4-5-9(3)10(11)7-12/h4-6,8,13H,1-3H3. The van der Waals surface area contributed by atoms with E-state index in [2.05, 4.69) is 4.72 Å². The largest absolute Gasteiger partial charge is 0.242 e. The van der Waals surface area contributed by atoms with Gasteiger partial charge < -0.3 is 0 Å². The van der Waals surface area contributed by atoms with Crippen molar-refractivity contribution in [1.82, 2.24) is 4.72 Å². The van der Waals surface area contributed by atoms with Crippen LogP contribution in [0.3, 0.4) is 0 Å². The van der Waals surface area contributed by atoms with Gasteiger partial charge in [0, 0.05) is 6.04 Å². The van der Waals surface area contributed by atoms with E-state index in [0.717, 1.165) is 0 Å². The molecule has 4 nitrogen and oxygen atoms in total. The molecule has 0 bridgehead atoms. The molecule has 0 unspecified atom stereocenters. The van der Waals surface area contributed by atoms with Crippen LogP contribution in [-0.2, 0) is 10.0 Å². The Morgan fingerprint density at radius 3 is 2.50 bits per heavy atom. The predicted octanol–water partition coefficient (Wildman–Crippen LogP) is 1.55. The monoisotopic (exact) mass is 238 g/mol. The zero-order valence-electron chi connectivity index (χ0n) is 9.48. The second-order valence-corrected chi connectivity index (χ2v) is 5.52. The lowest BCUT2D eigenvalue weighted by Crippen LogP contribution is -2.30. The number of aryl methyl sites for hydroxylation is 1. The molecule has 0 aliphatic heterocycles. The lowest BCUT2D eigenvalue weighted by atomic mass is 10.1. The molecule has 0 aliphatic carbocycles. The van der Waals surface area contributed by atoms with Crippen molar-refractivity contribution in [2.24, 2.45) is 0 Å². The number of sulfonamides is 1. The van der Waals surface area contributed by atoms with Crippen molar-refractivity contribution in [3.63, 3.8) is 0 Å². The van der Waals surface area contributed by atoms with Crippen molar-refractivity contribution in [2.75, 3.05) is 0 Å². The van der Waals surface area contributed by atoms with Crippen molar-refractivity contribution in [1.29, 1.82) is 5.26 Å². The molecule has 0 heterocycles. The molecule has 0 aromatic heterocycles. The summed E-state index contributed by atoms with van der Waals surface area (Å²) in [5.74, 6) is 0. The SMILES string of the molecule is Cc1cccc(S(=O)(=O)NC(C)C)c1C#N. The Morgan fingerprint density at radius 1 is 1.38 bits per heavy atom. The van der Waals surface area contributed by atoms with Gasteiger partial charge in [-0.3, -0.25) is 0 Å². The van der Waals surface area contributed by atoms with Gasteiger partial charge in [-0.15, -0.1) is 0 Å². The Hall–Kier alpha value is -1.38. The molecular weight excluding hydrogens is 224 g/mol. The van der Waals surface area contributed by atoms with E-state index in [1.165, 1.54) is 6.07 Å². The lowest BCUT2D eigenvalue weighted by Gasteiger charge is -2.11. The zero-order valence-corrected chi connectivity index (χ0v) is 10.3. The summed E-state index contributed by atoms with van der Waals surface area (Å²) in [6, 6.07) is 6.51. The van der Waals surface area contributed by atoms with Gasteiger partial charge in [0.1, 0.15) is 11.0 Å². The van der Waals surface area contributed by atoms with E-state index in [0.29, 0.717) is 5.56 Å². The number of nitrogens with one attached hydrogen (secondary N) is 1. The molecule has 86 valence electrons. The summed E-state index contributed by atoms with van der Waals surface area (Å²) in [6.45, 7) is 5.19. The minimum atomic E-state index is -3.60. The quantitative estimate of drug-likeness (QED) is 0.868. The average molecular weight is 238 g/mol. The van der Waals surface area contributed by atoms with Gasteiger partial charge in [0.2, 0.25) is 10.0 Å². The maximum atomic E-state index is 11.9. The first kappa shape index (κ1) is 12.7. The fourth-order valence-corrected chi connectivity index (χ4v) is 2.86. The highest BCUT2D eigenvalue weighted by atomic mass is 32.2. The molecule has 0 fully saturated rings. The van der Waals surface area contributed by atoms with Gasteiger partial charge in [-0.2, -0.15) is 5.26 Å². The van der Waals surface area contributed by atoms with Gasteiger partial charge in [-0.25, -0.2) is 13.1 Å². The summed E-state index contributed by atoms with van der Waals surface area (Å²) in [5, 5.41) is 8.95. The van der Waals surface area contributed by atoms with Gasteiger partial charge in [-0.05, 0) is 32.4 Å². The maximum absolute atomic E-state index is 11.9. The predicted molar refractivity (Wildman–Crippen MR) is 61.4 cm³/mol. The van der Waals surface area contributed by atoms with Crippen LogP contribution in [0, 0.1) is 18.3 Å². The van der Waals surface area contributed by atoms with Gasteiger partial charge in [0.25, 0.3) is 0 Å². The molecule has 0 spiro atoms. The van der Waals surface area contributed by atoms with E-state index < -0.39 is 10.0 Å². The number of nitrogens with zero attached hydrogens (tertiary/aromatic N) is 1. The third-order valence-corrected chi connectivity index (χ3v) is 3.73. The number of benzene rings is 1. The van der Waals surface area contributed by atoms with E-state index in [1.807, 2.05) is 6.07 Å². The van der Waals surface area contributed by atoms with Crippen molar-refractivity contribution in [3.05, 3.63) is 29.3 Å². The molecule has 1 aromatic rings. The highest BCUT2D eigenvalue weighted by molar-refractivity contribution is 7.89. The summed E-state index contributed by atoms with van der Waals surface area (Å²) in [6.07, 6.45) is 0. The van der Waals surface area contributed by atoms with Crippen molar-refractivity contribution in [2.45, 2.75) is 31.7 Å². The Bertz CT molecular complexity index is 527. The summed E-state index contributed by atoms with van der Waals surface area (Å²) in [5.41, 5.74) is 0.866. The van der Waals surface area contributed by atoms with E-state index in [-0.39, 0.29) is 16.5 Å². The first-order valence-corrected chi connectivity index (χ1v) is 6.39. The van der Waals surface area contributed by atoms with Crippen LogP contribution in [0.15, 0.2) is 23.1 Å². The summed E-state index contributed by atoms with van der Waals surface area (Å²) >= 11 is 0. The first-order chi connectivity index (χ1) is 7.38. The highest BCUT2D eigenvalue weighted by Crippen LogP contribution is 2.18. The van der Waals surface area contributed by atoms with Crippen LogP contribution in [0.1, 0.15) is 25.0 Å². The lowest BCUT2D eigenvalue weighted by molar-refractivity contribution is 0.569. The summed E-state index contributed by atoms with van der Waals surface area (Å²) in [7, 11) is -3.60. The summed E-state index contributed by atoms with van der Waals surface area (Å²) in [4.78, 5) is 0.0451. The minimum absolute atomic E-state index is 0.0451.